The molecule has 1 aliphatic heterocycles. The van der Waals surface area contributed by atoms with Gasteiger partial charge in [-0.15, -0.1) is 0 Å². The summed E-state index contributed by atoms with van der Waals surface area (Å²) in [7, 11) is 1.64. The van der Waals surface area contributed by atoms with Crippen LogP contribution in [0.15, 0.2) is 36.4 Å². The van der Waals surface area contributed by atoms with Crippen LogP contribution in [0, 0.1) is 5.41 Å². The number of benzene rings is 2. The number of carboxylic acid groups (broad SMARTS) is 1. The molecule has 1 unspecified atom stereocenters. The highest BCUT2D eigenvalue weighted by Crippen LogP contribution is 2.30. The fourth-order valence-corrected chi connectivity index (χ4v) is 3.11. The second-order valence-corrected chi connectivity index (χ2v) is 6.74. The van der Waals surface area contributed by atoms with Crippen LogP contribution in [0.3, 0.4) is 0 Å². The number of hydrogen-bond acceptors (Lipinski definition) is 3. The number of carbonyl (C=O) groups is 2. The van der Waals surface area contributed by atoms with Gasteiger partial charge in [0.2, 0.25) is 0 Å². The lowest BCUT2D eigenvalue weighted by Crippen LogP contribution is -2.40. The van der Waals surface area contributed by atoms with Crippen LogP contribution in [-0.4, -0.2) is 42.2 Å². The maximum absolute atomic E-state index is 12.3. The van der Waals surface area contributed by atoms with E-state index in [-0.39, 0.29) is 12.6 Å². The van der Waals surface area contributed by atoms with E-state index in [9.17, 15) is 14.7 Å². The van der Waals surface area contributed by atoms with Crippen LogP contribution in [0.4, 0.5) is 4.79 Å². The summed E-state index contributed by atoms with van der Waals surface area (Å²) < 4.78 is 5.22. The third-order valence-corrected chi connectivity index (χ3v) is 4.83. The van der Waals surface area contributed by atoms with Crippen molar-refractivity contribution in [1.29, 1.82) is 0 Å². The number of urea groups is 1. The van der Waals surface area contributed by atoms with Crippen molar-refractivity contribution in [3.8, 4) is 5.75 Å². The van der Waals surface area contributed by atoms with Crippen molar-refractivity contribution in [2.75, 3.05) is 20.2 Å². The van der Waals surface area contributed by atoms with Gasteiger partial charge in [-0.05, 0) is 47.9 Å². The molecule has 2 aromatic rings. The number of likely N-dealkylation sites (tertiary alicyclic amines) is 1. The van der Waals surface area contributed by atoms with E-state index in [0.717, 1.165) is 22.1 Å². The van der Waals surface area contributed by atoms with Crippen LogP contribution in [0.2, 0.25) is 0 Å². The lowest BCUT2D eigenvalue weighted by Gasteiger charge is -2.20. The van der Waals surface area contributed by atoms with Gasteiger partial charge in [-0.3, -0.25) is 4.79 Å². The van der Waals surface area contributed by atoms with Crippen LogP contribution in [-0.2, 0) is 11.3 Å². The number of carbonyl (C=O) groups excluding carboxylic acids is 1. The molecule has 1 fully saturated rings. The minimum Gasteiger partial charge on any atom is -0.497 e. The molecule has 0 saturated carbocycles. The van der Waals surface area contributed by atoms with Crippen molar-refractivity contribution >= 4 is 22.8 Å². The largest absolute Gasteiger partial charge is 0.497 e. The van der Waals surface area contributed by atoms with Gasteiger partial charge in [0.15, 0.2) is 0 Å². The summed E-state index contributed by atoms with van der Waals surface area (Å²) in [5.74, 6) is -0.0446. The molecule has 6 nitrogen and oxygen atoms in total. The highest BCUT2D eigenvalue weighted by molar-refractivity contribution is 5.85. The van der Waals surface area contributed by atoms with E-state index in [1.165, 1.54) is 0 Å². The highest BCUT2D eigenvalue weighted by atomic mass is 16.5. The maximum Gasteiger partial charge on any atom is 0.317 e. The topological polar surface area (TPSA) is 78.9 Å². The number of methoxy groups -OCH3 is 1. The van der Waals surface area contributed by atoms with E-state index < -0.39 is 11.4 Å². The second-order valence-electron chi connectivity index (χ2n) is 6.74. The van der Waals surface area contributed by atoms with Gasteiger partial charge in [0.25, 0.3) is 0 Å². The summed E-state index contributed by atoms with van der Waals surface area (Å²) in [5.41, 5.74) is 0.144. The fourth-order valence-electron chi connectivity index (χ4n) is 3.11. The zero-order valence-corrected chi connectivity index (χ0v) is 14.4. The fraction of sp³-hybridized carbons (Fsp3) is 0.368. The SMILES string of the molecule is COc1ccc2cc(CNC(=O)N3CCC(C)(C(=O)O)C3)ccc2c1. The molecular formula is C19H22N2O4. The minimum atomic E-state index is -0.854. The highest BCUT2D eigenvalue weighted by Gasteiger charge is 2.42. The Balaban J connectivity index is 1.63. The first-order valence-electron chi connectivity index (χ1n) is 8.24. The van der Waals surface area contributed by atoms with Gasteiger partial charge in [0.1, 0.15) is 5.75 Å². The summed E-state index contributed by atoms with van der Waals surface area (Å²) in [4.78, 5) is 25.1. The molecule has 1 heterocycles. The Morgan fingerprint density at radius 1 is 1.24 bits per heavy atom. The lowest BCUT2D eigenvalue weighted by atomic mass is 9.90. The maximum atomic E-state index is 12.3. The second kappa shape index (κ2) is 6.63. The van der Waals surface area contributed by atoms with Gasteiger partial charge in [-0.1, -0.05) is 18.2 Å². The average Bonchev–Trinajstić information content (AvgIpc) is 3.03. The van der Waals surface area contributed by atoms with Crippen LogP contribution in [0.1, 0.15) is 18.9 Å². The first-order valence-corrected chi connectivity index (χ1v) is 8.24. The monoisotopic (exact) mass is 342 g/mol. The Labute approximate surface area is 146 Å². The number of nitrogens with zero attached hydrogens (tertiary/aromatic N) is 1. The molecule has 1 atom stereocenters. The first-order chi connectivity index (χ1) is 11.9. The summed E-state index contributed by atoms with van der Waals surface area (Å²) in [6.45, 7) is 2.79. The van der Waals surface area contributed by atoms with Gasteiger partial charge in [-0.2, -0.15) is 0 Å². The number of fused-ring (bicyclic) bond motifs is 1. The summed E-state index contributed by atoms with van der Waals surface area (Å²) in [5, 5.41) is 14.3. The molecule has 0 spiro atoms. The molecule has 0 aliphatic carbocycles. The molecule has 25 heavy (non-hydrogen) atoms. The van der Waals surface area contributed by atoms with E-state index in [1.54, 1.807) is 18.9 Å². The van der Waals surface area contributed by atoms with Crippen LogP contribution in [0.25, 0.3) is 10.8 Å². The van der Waals surface area contributed by atoms with Crippen molar-refractivity contribution in [3.63, 3.8) is 0 Å². The number of ether oxygens (including phenoxy) is 1. The van der Waals surface area contributed by atoms with Crippen LogP contribution >= 0.6 is 0 Å². The van der Waals surface area contributed by atoms with Gasteiger partial charge in [0.05, 0.1) is 12.5 Å². The van der Waals surface area contributed by atoms with E-state index in [1.807, 2.05) is 36.4 Å². The van der Waals surface area contributed by atoms with Crippen molar-refractivity contribution in [2.24, 2.45) is 5.41 Å². The molecule has 2 amide bonds. The lowest BCUT2D eigenvalue weighted by molar-refractivity contribution is -0.147. The van der Waals surface area contributed by atoms with E-state index >= 15 is 0 Å². The van der Waals surface area contributed by atoms with Crippen LogP contribution in [0.5, 0.6) is 5.75 Å². The third kappa shape index (κ3) is 3.52. The molecule has 1 aliphatic rings. The molecule has 1 saturated heterocycles. The quantitative estimate of drug-likeness (QED) is 0.895. The van der Waals surface area contributed by atoms with Gasteiger partial charge in [0, 0.05) is 19.6 Å². The minimum absolute atomic E-state index is 0.222. The molecule has 132 valence electrons. The number of nitrogens with one attached hydrogen (secondary N) is 1. The van der Waals surface area contributed by atoms with Crippen LogP contribution < -0.4 is 10.1 Å². The van der Waals surface area contributed by atoms with Gasteiger partial charge in [-0.25, -0.2) is 4.79 Å². The Hall–Kier alpha value is -2.76. The number of rotatable bonds is 4. The Kier molecular flexibility index (Phi) is 4.53. The molecule has 3 rings (SSSR count). The predicted molar refractivity (Wildman–Crippen MR) is 94.7 cm³/mol. The van der Waals surface area contributed by atoms with Crippen molar-refractivity contribution in [3.05, 3.63) is 42.0 Å². The molecule has 2 aromatic carbocycles. The smallest absolute Gasteiger partial charge is 0.317 e. The van der Waals surface area contributed by atoms with Crippen molar-refractivity contribution < 1.29 is 19.4 Å². The molecule has 0 radical (unpaired) electrons. The van der Waals surface area contributed by atoms with E-state index in [2.05, 4.69) is 5.32 Å². The zero-order chi connectivity index (χ0) is 18.0. The van der Waals surface area contributed by atoms with E-state index in [4.69, 9.17) is 4.74 Å². The molecule has 0 aromatic heterocycles. The summed E-state index contributed by atoms with van der Waals surface area (Å²) >= 11 is 0. The number of aliphatic carboxylic acids is 1. The van der Waals surface area contributed by atoms with Gasteiger partial charge >= 0.3 is 12.0 Å². The third-order valence-electron chi connectivity index (χ3n) is 4.83. The van der Waals surface area contributed by atoms with E-state index in [0.29, 0.717) is 19.5 Å². The number of carboxylic acids is 1. The summed E-state index contributed by atoms with van der Waals surface area (Å²) in [6.07, 6.45) is 0.480. The first kappa shape index (κ1) is 17.1. The molecule has 0 bridgehead atoms. The summed E-state index contributed by atoms with van der Waals surface area (Å²) in [6, 6.07) is 11.6. The Bertz CT molecular complexity index is 820. The molecular weight excluding hydrogens is 320 g/mol. The number of hydrogen-bond donors (Lipinski definition) is 2. The molecule has 6 heteroatoms. The average molecular weight is 342 g/mol. The Morgan fingerprint density at radius 2 is 1.96 bits per heavy atom. The van der Waals surface area contributed by atoms with Gasteiger partial charge < -0.3 is 20.1 Å². The van der Waals surface area contributed by atoms with Crippen molar-refractivity contribution in [1.82, 2.24) is 10.2 Å². The number of amides is 2. The standard InChI is InChI=1S/C19H22N2O4/c1-19(17(22)23)7-8-21(12-19)18(24)20-11-13-3-4-15-10-16(25-2)6-5-14(15)9-13/h3-6,9-10H,7-8,11-12H2,1-2H3,(H,20,24)(H,22,23). The molecule has 2 N–H and O–H groups in total. The normalized spacial score (nSPS) is 19.8. The predicted octanol–water partition coefficient (Wildman–Crippen LogP) is 2.85. The Morgan fingerprint density at radius 3 is 2.64 bits per heavy atom. The zero-order valence-electron chi connectivity index (χ0n) is 14.4. The van der Waals surface area contributed by atoms with Crippen molar-refractivity contribution in [2.45, 2.75) is 19.9 Å².